The molecule has 0 fully saturated rings. The van der Waals surface area contributed by atoms with Crippen LogP contribution in [0.2, 0.25) is 0 Å². The average Bonchev–Trinajstić information content (AvgIpc) is 2.14. The van der Waals surface area contributed by atoms with Crippen LogP contribution in [-0.4, -0.2) is 14.5 Å². The van der Waals surface area contributed by atoms with Crippen LogP contribution in [0.25, 0.3) is 0 Å². The topological polar surface area (TPSA) is 0 Å². The van der Waals surface area contributed by atoms with E-state index in [2.05, 4.69) is 15.8 Å². The molecule has 0 aliphatic carbocycles. The molecule has 1 heteroatoms. The fourth-order valence-corrected chi connectivity index (χ4v) is 1.60. The predicted molar refractivity (Wildman–Crippen MR) is 31.3 cm³/mol. The third-order valence-electron chi connectivity index (χ3n) is 0.688. The van der Waals surface area contributed by atoms with Crippen LogP contribution in [0.1, 0.15) is 5.56 Å². The summed E-state index contributed by atoms with van der Waals surface area (Å²) in [5.74, 6) is 2.55. The second-order valence-electron chi connectivity index (χ2n) is 1.16. The second kappa shape index (κ2) is 2.02. The van der Waals surface area contributed by atoms with Crippen LogP contribution in [0.15, 0.2) is 15.9 Å². The van der Waals surface area contributed by atoms with Gasteiger partial charge in [-0.3, -0.25) is 0 Å². The minimum atomic E-state index is 0.557. The first kappa shape index (κ1) is 4.71. The van der Waals surface area contributed by atoms with Crippen molar-refractivity contribution >= 4 is 14.5 Å². The Kier molecular flexibility index (Phi) is 1.36. The van der Waals surface area contributed by atoms with E-state index in [1.807, 2.05) is 6.07 Å². The Morgan fingerprint density at radius 3 is 2.86 bits per heavy atom. The van der Waals surface area contributed by atoms with Crippen molar-refractivity contribution < 1.29 is 0 Å². The summed E-state index contributed by atoms with van der Waals surface area (Å²) in [6.45, 7) is 0. The van der Waals surface area contributed by atoms with E-state index in [0.29, 0.717) is 14.5 Å². The van der Waals surface area contributed by atoms with Gasteiger partial charge in [-0.25, -0.2) is 0 Å². The Morgan fingerprint density at radius 1 is 1.71 bits per heavy atom. The molecule has 7 heavy (non-hydrogen) atoms. The number of hydrogen-bond acceptors (Lipinski definition) is 0. The first-order chi connectivity index (χ1) is 3.43. The van der Waals surface area contributed by atoms with Crippen molar-refractivity contribution in [2.45, 2.75) is 0 Å². The molecule has 0 aliphatic heterocycles. The normalized spacial score (nSPS) is 7.86. The van der Waals surface area contributed by atoms with E-state index in [-0.39, 0.29) is 0 Å². The van der Waals surface area contributed by atoms with Gasteiger partial charge < -0.3 is 0 Å². The third-order valence-corrected chi connectivity index (χ3v) is 2.12. The van der Waals surface area contributed by atoms with Gasteiger partial charge in [0.2, 0.25) is 0 Å². The molecular weight excluding hydrogens is 151 g/mol. The molecule has 0 aromatic carbocycles. The minimum absolute atomic E-state index is 0.557. The quantitative estimate of drug-likeness (QED) is 0.382. The second-order valence-corrected chi connectivity index (χ2v) is 2.79. The van der Waals surface area contributed by atoms with Crippen LogP contribution in [-0.2, 0) is 0 Å². The van der Waals surface area contributed by atoms with Crippen molar-refractivity contribution in [2.75, 3.05) is 0 Å². The first-order valence-electron chi connectivity index (χ1n) is 1.92. The first-order valence-corrected chi connectivity index (χ1v) is 3.90. The zero-order valence-electron chi connectivity index (χ0n) is 3.72. The van der Waals surface area contributed by atoms with Crippen molar-refractivity contribution in [3.05, 3.63) is 21.5 Å². The third kappa shape index (κ3) is 0.961. The van der Waals surface area contributed by atoms with Crippen LogP contribution >= 0.6 is 0 Å². The van der Waals surface area contributed by atoms with Gasteiger partial charge in [0.15, 0.2) is 0 Å². The molecule has 1 rings (SSSR count). The van der Waals surface area contributed by atoms with Gasteiger partial charge in [0.1, 0.15) is 0 Å². The fraction of sp³-hybridized carbons (Fsp3) is 0. The summed E-state index contributed by atoms with van der Waals surface area (Å²) in [5.41, 5.74) is 1.04. The number of terminal acetylenes is 1. The Bertz CT molecular complexity index is 167. The van der Waals surface area contributed by atoms with Gasteiger partial charge in [0.25, 0.3) is 0 Å². The zero-order valence-corrected chi connectivity index (χ0v) is 5.43. The predicted octanol–water partition coefficient (Wildman–Crippen LogP) is 0.725. The van der Waals surface area contributed by atoms with E-state index >= 15 is 0 Å². The molecule has 0 bridgehead atoms. The molecule has 1 aromatic rings. The summed E-state index contributed by atoms with van der Waals surface area (Å²) in [6.07, 6.45) is 5.07. The molecule has 0 atom stereocenters. The molecule has 1 heterocycles. The Labute approximate surface area is 48.9 Å². The molecule has 0 N–H and O–H groups in total. The summed E-state index contributed by atoms with van der Waals surface area (Å²) in [4.78, 5) is 4.20. The summed E-state index contributed by atoms with van der Waals surface area (Å²) < 4.78 is 0. The molecule has 34 valence electrons. The number of rotatable bonds is 0. The van der Waals surface area contributed by atoms with E-state index in [1.165, 1.54) is 0 Å². The summed E-state index contributed by atoms with van der Waals surface area (Å²) in [7, 11) is 0. The van der Waals surface area contributed by atoms with Crippen molar-refractivity contribution in [3.63, 3.8) is 0 Å². The van der Waals surface area contributed by atoms with Crippen molar-refractivity contribution in [3.8, 4) is 12.3 Å². The van der Waals surface area contributed by atoms with Gasteiger partial charge in [-0.1, -0.05) is 0 Å². The van der Waals surface area contributed by atoms with E-state index in [1.54, 1.807) is 0 Å². The molecular formula is C6H4Se. The number of hydrogen-bond donors (Lipinski definition) is 0. The Hall–Kier alpha value is -0.441. The van der Waals surface area contributed by atoms with Crippen molar-refractivity contribution in [1.82, 2.24) is 0 Å². The molecule has 0 amide bonds. The van der Waals surface area contributed by atoms with Crippen LogP contribution in [0.4, 0.5) is 0 Å². The Morgan fingerprint density at radius 2 is 2.57 bits per heavy atom. The molecule has 1 aromatic heterocycles. The summed E-state index contributed by atoms with van der Waals surface area (Å²) >= 11 is 0.557. The van der Waals surface area contributed by atoms with Gasteiger partial charge in [-0.2, -0.15) is 0 Å². The Balaban J connectivity index is 3.04. The van der Waals surface area contributed by atoms with Crippen LogP contribution in [0.5, 0.6) is 0 Å². The monoisotopic (exact) mass is 156 g/mol. The van der Waals surface area contributed by atoms with Crippen LogP contribution in [0.3, 0.4) is 0 Å². The van der Waals surface area contributed by atoms with Crippen molar-refractivity contribution in [2.24, 2.45) is 0 Å². The van der Waals surface area contributed by atoms with Crippen LogP contribution < -0.4 is 0 Å². The van der Waals surface area contributed by atoms with E-state index < -0.39 is 0 Å². The molecule has 0 aliphatic rings. The van der Waals surface area contributed by atoms with Gasteiger partial charge in [-0.05, 0) is 0 Å². The average molecular weight is 155 g/mol. The maximum atomic E-state index is 5.07. The fourth-order valence-electron chi connectivity index (χ4n) is 0.347. The van der Waals surface area contributed by atoms with Crippen LogP contribution in [0, 0.1) is 12.3 Å². The summed E-state index contributed by atoms with van der Waals surface area (Å²) in [6, 6.07) is 1.99. The molecule has 0 saturated carbocycles. The maximum absolute atomic E-state index is 5.07. The standard InChI is InChI=1S/C6H4Se/c1-2-6-3-4-7-5-6/h1,3-5H. The molecule has 0 nitrogen and oxygen atoms in total. The SMILES string of the molecule is C#Cc1cc[se]c1. The van der Waals surface area contributed by atoms with E-state index in [0.717, 1.165) is 5.56 Å². The summed E-state index contributed by atoms with van der Waals surface area (Å²) in [5, 5.41) is 0. The van der Waals surface area contributed by atoms with Crippen molar-refractivity contribution in [1.29, 1.82) is 0 Å². The van der Waals surface area contributed by atoms with Gasteiger partial charge in [-0.15, -0.1) is 0 Å². The molecule has 0 unspecified atom stereocenters. The van der Waals surface area contributed by atoms with E-state index in [9.17, 15) is 0 Å². The molecule has 0 saturated heterocycles. The van der Waals surface area contributed by atoms with Gasteiger partial charge >= 0.3 is 48.4 Å². The van der Waals surface area contributed by atoms with E-state index in [4.69, 9.17) is 6.42 Å². The molecule has 0 spiro atoms. The van der Waals surface area contributed by atoms with Gasteiger partial charge in [0.05, 0.1) is 0 Å². The molecule has 0 radical (unpaired) electrons. The van der Waals surface area contributed by atoms with Gasteiger partial charge in [0, 0.05) is 0 Å². The zero-order chi connectivity index (χ0) is 5.11.